The van der Waals surface area contributed by atoms with E-state index < -0.39 is 23.8 Å². The fraction of sp³-hybridized carbons (Fsp3) is 0.591. The quantitative estimate of drug-likeness (QED) is 0.583. The monoisotopic (exact) mass is 505 g/mol. The molecule has 3 fully saturated rings. The minimum Gasteiger partial charge on any atom is -0.442 e. The van der Waals surface area contributed by atoms with Crippen molar-refractivity contribution in [3.63, 3.8) is 0 Å². The Bertz CT molecular complexity index is 1090. The van der Waals surface area contributed by atoms with Crippen LogP contribution in [-0.2, 0) is 9.53 Å². The third kappa shape index (κ3) is 5.03. The van der Waals surface area contributed by atoms with Crippen LogP contribution in [0.1, 0.15) is 25.8 Å². The molecule has 2 amide bonds. The van der Waals surface area contributed by atoms with Crippen molar-refractivity contribution in [1.29, 1.82) is 0 Å². The lowest BCUT2D eigenvalue weighted by molar-refractivity contribution is -0.119. The molecule has 0 radical (unpaired) electrons. The van der Waals surface area contributed by atoms with Crippen molar-refractivity contribution in [1.82, 2.24) is 30.8 Å². The maximum absolute atomic E-state index is 15.1. The molecule has 2 aromatic rings. The predicted molar refractivity (Wildman–Crippen MR) is 126 cm³/mol. The molecule has 3 aliphatic rings. The van der Waals surface area contributed by atoms with Gasteiger partial charge in [0.1, 0.15) is 11.8 Å². The van der Waals surface area contributed by atoms with Crippen LogP contribution in [0.15, 0.2) is 12.1 Å². The second-order valence-corrected chi connectivity index (χ2v) is 9.18. The number of benzene rings is 1. The molecule has 0 spiro atoms. The second-order valence-electron chi connectivity index (χ2n) is 9.18. The summed E-state index contributed by atoms with van der Waals surface area (Å²) in [6.45, 7) is 5.82. The molecule has 3 saturated heterocycles. The normalized spacial score (nSPS) is 21.1. The van der Waals surface area contributed by atoms with Gasteiger partial charge in [-0.3, -0.25) is 9.69 Å². The van der Waals surface area contributed by atoms with E-state index in [1.807, 2.05) is 0 Å². The fourth-order valence-electron chi connectivity index (χ4n) is 4.79. The molecule has 5 rings (SSSR count). The standard InChI is InChI=1S/C22H29F2N9O3/c1-14(34)26-12-17-13-32(22(35)36-17)16-10-18(23)20(19(24)11-16)30-6-2-15(3-7-30)33-28-21(27-29-33)31-8-4-25-5-9-31/h10-11,15,17,25H,2-9,12-13H2,1H3,(H,26,34). The van der Waals surface area contributed by atoms with E-state index in [1.54, 1.807) is 9.70 Å². The van der Waals surface area contributed by atoms with Crippen molar-refractivity contribution in [2.45, 2.75) is 31.9 Å². The molecule has 1 atom stereocenters. The van der Waals surface area contributed by atoms with Crippen LogP contribution < -0.4 is 25.3 Å². The number of piperazine rings is 1. The molecule has 1 aromatic carbocycles. The zero-order chi connectivity index (χ0) is 25.2. The summed E-state index contributed by atoms with van der Waals surface area (Å²) in [4.78, 5) is 29.8. The predicted octanol–water partition coefficient (Wildman–Crippen LogP) is 0.664. The Morgan fingerprint density at radius 2 is 1.83 bits per heavy atom. The van der Waals surface area contributed by atoms with Crippen LogP contribution in [0.5, 0.6) is 0 Å². The maximum Gasteiger partial charge on any atom is 0.414 e. The Hall–Kier alpha value is -3.55. The molecule has 194 valence electrons. The van der Waals surface area contributed by atoms with Crippen molar-refractivity contribution in [3.05, 3.63) is 23.8 Å². The number of carbonyl (C=O) groups is 2. The Balaban J connectivity index is 1.22. The van der Waals surface area contributed by atoms with Gasteiger partial charge in [0.05, 0.1) is 24.8 Å². The zero-order valence-electron chi connectivity index (χ0n) is 20.0. The number of rotatable bonds is 6. The Kier molecular flexibility index (Phi) is 6.85. The van der Waals surface area contributed by atoms with Gasteiger partial charge in [0.25, 0.3) is 5.95 Å². The van der Waals surface area contributed by atoms with Gasteiger partial charge in [-0.1, -0.05) is 5.10 Å². The number of nitrogens with zero attached hydrogens (tertiary/aromatic N) is 7. The smallest absolute Gasteiger partial charge is 0.414 e. The van der Waals surface area contributed by atoms with E-state index in [4.69, 9.17) is 4.74 Å². The number of ether oxygens (including phenoxy) is 1. The first-order valence-corrected chi connectivity index (χ1v) is 12.1. The van der Waals surface area contributed by atoms with E-state index in [2.05, 4.69) is 30.9 Å². The van der Waals surface area contributed by atoms with Gasteiger partial charge in [0, 0.05) is 58.3 Å². The minimum atomic E-state index is -0.749. The van der Waals surface area contributed by atoms with Gasteiger partial charge in [-0.05, 0) is 18.1 Å². The highest BCUT2D eigenvalue weighted by atomic mass is 19.1. The number of halogens is 2. The molecule has 4 heterocycles. The van der Waals surface area contributed by atoms with Crippen LogP contribution in [0, 0.1) is 11.6 Å². The lowest BCUT2D eigenvalue weighted by atomic mass is 10.0. The molecule has 1 aromatic heterocycles. The van der Waals surface area contributed by atoms with Crippen LogP contribution in [0.2, 0.25) is 0 Å². The fourth-order valence-corrected chi connectivity index (χ4v) is 4.79. The number of aromatic nitrogens is 4. The summed E-state index contributed by atoms with van der Waals surface area (Å²) in [6.07, 6.45) is -0.0790. The lowest BCUT2D eigenvalue weighted by Gasteiger charge is -2.33. The number of piperidine rings is 1. The van der Waals surface area contributed by atoms with E-state index in [-0.39, 0.29) is 36.4 Å². The minimum absolute atomic E-state index is 0.00396. The van der Waals surface area contributed by atoms with E-state index in [9.17, 15) is 9.59 Å². The summed E-state index contributed by atoms with van der Waals surface area (Å²) in [5.41, 5.74) is -0.0427. The van der Waals surface area contributed by atoms with Crippen molar-refractivity contribution in [2.75, 3.05) is 67.1 Å². The summed E-state index contributed by atoms with van der Waals surface area (Å²) in [5, 5.41) is 18.8. The van der Waals surface area contributed by atoms with Crippen molar-refractivity contribution < 1.29 is 23.1 Å². The number of tetrazole rings is 1. The van der Waals surface area contributed by atoms with Gasteiger partial charge < -0.3 is 25.2 Å². The van der Waals surface area contributed by atoms with Crippen LogP contribution in [0.3, 0.4) is 0 Å². The maximum atomic E-state index is 15.1. The van der Waals surface area contributed by atoms with E-state index in [1.165, 1.54) is 11.8 Å². The number of hydrogen-bond donors (Lipinski definition) is 2. The van der Waals surface area contributed by atoms with Gasteiger partial charge in [0.15, 0.2) is 11.6 Å². The summed E-state index contributed by atoms with van der Waals surface area (Å²) < 4.78 is 35.4. The van der Waals surface area contributed by atoms with E-state index >= 15 is 8.78 Å². The number of hydrogen-bond acceptors (Lipinski definition) is 9. The molecule has 0 aliphatic carbocycles. The third-order valence-electron chi connectivity index (χ3n) is 6.69. The molecule has 3 aliphatic heterocycles. The zero-order valence-corrected chi connectivity index (χ0v) is 20.0. The number of nitrogens with one attached hydrogen (secondary N) is 2. The van der Waals surface area contributed by atoms with Gasteiger partial charge in [-0.25, -0.2) is 13.6 Å². The average Bonchev–Trinajstić information content (AvgIpc) is 3.50. The van der Waals surface area contributed by atoms with E-state index in [0.717, 1.165) is 38.3 Å². The van der Waals surface area contributed by atoms with Crippen LogP contribution in [-0.4, -0.2) is 90.7 Å². The Morgan fingerprint density at radius 3 is 2.50 bits per heavy atom. The first kappa shape index (κ1) is 24.2. The molecule has 1 unspecified atom stereocenters. The van der Waals surface area contributed by atoms with Gasteiger partial charge >= 0.3 is 6.09 Å². The third-order valence-corrected chi connectivity index (χ3v) is 6.69. The van der Waals surface area contributed by atoms with Crippen LogP contribution in [0.4, 0.5) is 30.9 Å². The topological polar surface area (TPSA) is 121 Å². The van der Waals surface area contributed by atoms with Crippen molar-refractivity contribution in [3.8, 4) is 0 Å². The molecule has 0 bridgehead atoms. The number of cyclic esters (lactones) is 1. The first-order valence-electron chi connectivity index (χ1n) is 12.1. The van der Waals surface area contributed by atoms with Crippen LogP contribution >= 0.6 is 0 Å². The average molecular weight is 506 g/mol. The Morgan fingerprint density at radius 1 is 1.14 bits per heavy atom. The highest BCUT2D eigenvalue weighted by Gasteiger charge is 2.34. The largest absolute Gasteiger partial charge is 0.442 e. The molecule has 12 nitrogen and oxygen atoms in total. The van der Waals surface area contributed by atoms with E-state index in [0.29, 0.717) is 31.9 Å². The SMILES string of the molecule is CC(=O)NCC1CN(c2cc(F)c(N3CCC(n4nnc(N5CCNCC5)n4)CC3)c(F)c2)C(=O)O1. The van der Waals surface area contributed by atoms with Crippen molar-refractivity contribution in [2.24, 2.45) is 0 Å². The molecule has 0 saturated carbocycles. The first-order chi connectivity index (χ1) is 17.4. The number of amides is 2. The highest BCUT2D eigenvalue weighted by molar-refractivity contribution is 5.90. The number of carbonyl (C=O) groups excluding carboxylic acids is 2. The molecular formula is C22H29F2N9O3. The summed E-state index contributed by atoms with van der Waals surface area (Å²) in [5.74, 6) is -1.15. The molecule has 36 heavy (non-hydrogen) atoms. The summed E-state index contributed by atoms with van der Waals surface area (Å²) in [6, 6.07) is 2.28. The molecular weight excluding hydrogens is 476 g/mol. The van der Waals surface area contributed by atoms with Gasteiger partial charge in [-0.15, -0.1) is 5.10 Å². The Labute approximate surface area is 206 Å². The van der Waals surface area contributed by atoms with Gasteiger partial charge in [0.2, 0.25) is 5.91 Å². The van der Waals surface area contributed by atoms with Crippen LogP contribution in [0.25, 0.3) is 0 Å². The lowest BCUT2D eigenvalue weighted by Crippen LogP contribution is -2.44. The highest BCUT2D eigenvalue weighted by Crippen LogP contribution is 2.34. The summed E-state index contributed by atoms with van der Waals surface area (Å²) >= 11 is 0. The number of anilines is 3. The molecule has 14 heteroatoms. The second kappa shape index (κ2) is 10.2. The van der Waals surface area contributed by atoms with Gasteiger partial charge in [-0.2, -0.15) is 4.80 Å². The molecule has 2 N–H and O–H groups in total. The summed E-state index contributed by atoms with van der Waals surface area (Å²) in [7, 11) is 0. The van der Waals surface area contributed by atoms with Crippen molar-refractivity contribution >= 4 is 29.3 Å².